The number of amides is 3. The number of likely N-dealkylation sites (tertiary alicyclic amines) is 1. The summed E-state index contributed by atoms with van der Waals surface area (Å²) in [5.41, 5.74) is 0.592. The average Bonchev–Trinajstić information content (AvgIpc) is 3.27. The highest BCUT2D eigenvalue weighted by molar-refractivity contribution is 7.59. The maximum atomic E-state index is 14.4. The molecule has 2 aromatic rings. The summed E-state index contributed by atoms with van der Waals surface area (Å²) in [5.74, 6) is -2.78. The van der Waals surface area contributed by atoms with Gasteiger partial charge in [0.2, 0.25) is 12.3 Å². The Labute approximate surface area is 220 Å². The Balaban J connectivity index is 0.00000481. The molecule has 2 heterocycles. The third-order valence-corrected chi connectivity index (χ3v) is 5.93. The monoisotopic (exact) mass is 538 g/mol. The van der Waals surface area contributed by atoms with Crippen LogP contribution in [0.4, 0.5) is 8.78 Å². The minimum Gasteiger partial charge on any atom is -0.427 e. The van der Waals surface area contributed by atoms with Crippen molar-refractivity contribution in [2.75, 3.05) is 13.1 Å². The van der Waals surface area contributed by atoms with Crippen molar-refractivity contribution >= 4 is 31.7 Å². The maximum absolute atomic E-state index is 14.4. The number of alkyl halides is 1. The van der Waals surface area contributed by atoms with Gasteiger partial charge >= 0.3 is 0 Å². The summed E-state index contributed by atoms with van der Waals surface area (Å²) in [4.78, 5) is 48.5. The zero-order valence-corrected chi connectivity index (χ0v) is 21.5. The van der Waals surface area contributed by atoms with E-state index in [1.165, 1.54) is 0 Å². The summed E-state index contributed by atoms with van der Waals surface area (Å²) in [6.07, 6.45) is 1.42. The minimum atomic E-state index is -1.43. The first kappa shape index (κ1) is 30.0. The minimum absolute atomic E-state index is 0. The molecule has 1 aromatic carbocycles. The van der Waals surface area contributed by atoms with Gasteiger partial charge in [-0.05, 0) is 24.1 Å². The molecule has 3 rings (SSSR count). The number of unbranched alkanes of at least 4 members (excludes halogenated alkanes) is 1. The molecule has 3 atom stereocenters. The van der Waals surface area contributed by atoms with Crippen LogP contribution in [0.3, 0.4) is 0 Å². The molecule has 1 unspecified atom stereocenters. The van der Waals surface area contributed by atoms with Gasteiger partial charge in [-0.2, -0.15) is 23.2 Å². The van der Waals surface area contributed by atoms with E-state index in [1.54, 1.807) is 0 Å². The van der Waals surface area contributed by atoms with Crippen molar-refractivity contribution in [3.8, 4) is 0 Å². The Morgan fingerprint density at radius 3 is 2.65 bits per heavy atom. The van der Waals surface area contributed by atoms with Crippen molar-refractivity contribution in [1.82, 2.24) is 14.7 Å². The number of carbonyl (C=O) groups is 3. The summed E-state index contributed by atoms with van der Waals surface area (Å²) in [5, 5.41) is 10.8. The van der Waals surface area contributed by atoms with E-state index in [2.05, 4.69) is 4.99 Å². The fourth-order valence-corrected chi connectivity index (χ4v) is 4.05. The van der Waals surface area contributed by atoms with E-state index in [4.69, 9.17) is 4.84 Å². The molecule has 0 saturated carbocycles. The fourth-order valence-electron chi connectivity index (χ4n) is 4.05. The summed E-state index contributed by atoms with van der Waals surface area (Å²) >= 11 is 0. The van der Waals surface area contributed by atoms with E-state index < -0.39 is 35.8 Å². The van der Waals surface area contributed by atoms with E-state index in [-0.39, 0.29) is 45.1 Å². The molecule has 0 aliphatic carbocycles. The van der Waals surface area contributed by atoms with E-state index in [0.717, 1.165) is 40.3 Å². The highest BCUT2D eigenvalue weighted by Gasteiger charge is 2.42. The van der Waals surface area contributed by atoms with Crippen molar-refractivity contribution in [3.05, 3.63) is 65.5 Å². The predicted octanol–water partition coefficient (Wildman–Crippen LogP) is 2.74. The molecule has 0 radical (unpaired) electrons. The summed E-state index contributed by atoms with van der Waals surface area (Å²) < 4.78 is 28.0. The number of aromatic nitrogens is 1. The van der Waals surface area contributed by atoms with Crippen LogP contribution in [0.1, 0.15) is 38.2 Å². The molecule has 9 nitrogen and oxygen atoms in total. The fraction of sp³-hybridized carbons (Fsp3) is 0.440. The van der Waals surface area contributed by atoms with Crippen LogP contribution in [0.5, 0.6) is 0 Å². The van der Waals surface area contributed by atoms with Gasteiger partial charge in [0.05, 0.1) is 25.2 Å². The zero-order valence-electron chi connectivity index (χ0n) is 20.5. The van der Waals surface area contributed by atoms with Crippen molar-refractivity contribution in [2.24, 2.45) is 10.9 Å². The third-order valence-electron chi connectivity index (χ3n) is 5.93. The van der Waals surface area contributed by atoms with Crippen LogP contribution >= 0.6 is 13.5 Å². The van der Waals surface area contributed by atoms with Crippen LogP contribution in [0.15, 0.2) is 53.7 Å². The standard InChI is InChI=1S/C25H30F2N4O5.H2S/c1-2-3-9-19(13-29(17-32)36-16-18-7-5-4-6-8-18)25(34)30-14-21(27)12-22(30)24(33)28-23-11-10-20(26)15-31(23)35;/h4-8,10-11,15,17,19,21-22,35H,2-3,9,12-14,16H2,1H3;1H2/t19-,21-,22?;/m1./s1. The Kier molecular flexibility index (Phi) is 11.7. The normalized spacial score (nSPS) is 18.2. The molecule has 1 fully saturated rings. The molecule has 1 N–H and O–H groups in total. The average molecular weight is 539 g/mol. The summed E-state index contributed by atoms with van der Waals surface area (Å²) in [7, 11) is 0. The Morgan fingerprint density at radius 1 is 1.27 bits per heavy atom. The lowest BCUT2D eigenvalue weighted by Gasteiger charge is -2.29. The topological polar surface area (TPSA) is 104 Å². The van der Waals surface area contributed by atoms with Gasteiger partial charge in [0, 0.05) is 6.42 Å². The van der Waals surface area contributed by atoms with Gasteiger partial charge in [-0.3, -0.25) is 19.2 Å². The van der Waals surface area contributed by atoms with Gasteiger partial charge in [0.1, 0.15) is 24.6 Å². The second kappa shape index (κ2) is 14.5. The first-order valence-electron chi connectivity index (χ1n) is 11.8. The van der Waals surface area contributed by atoms with Crippen LogP contribution in [0, 0.1) is 11.7 Å². The highest BCUT2D eigenvalue weighted by atomic mass is 32.1. The molecule has 202 valence electrons. The van der Waals surface area contributed by atoms with E-state index in [1.807, 2.05) is 37.3 Å². The predicted molar refractivity (Wildman–Crippen MR) is 135 cm³/mol. The number of hydroxylamine groups is 2. The van der Waals surface area contributed by atoms with Gasteiger partial charge in [-0.25, -0.2) is 13.8 Å². The summed E-state index contributed by atoms with van der Waals surface area (Å²) in [6, 6.07) is 10.1. The van der Waals surface area contributed by atoms with Crippen molar-refractivity contribution in [3.63, 3.8) is 0 Å². The highest BCUT2D eigenvalue weighted by Crippen LogP contribution is 2.26. The van der Waals surface area contributed by atoms with Gasteiger partial charge < -0.3 is 10.1 Å². The van der Waals surface area contributed by atoms with Crippen LogP contribution < -0.4 is 5.49 Å². The van der Waals surface area contributed by atoms with Gasteiger partial charge in [0.25, 0.3) is 5.91 Å². The first-order valence-corrected chi connectivity index (χ1v) is 11.8. The summed E-state index contributed by atoms with van der Waals surface area (Å²) in [6.45, 7) is 1.73. The molecule has 0 spiro atoms. The van der Waals surface area contributed by atoms with Crippen molar-refractivity contribution in [2.45, 2.75) is 51.4 Å². The smallest absolute Gasteiger partial charge is 0.270 e. The lowest BCUT2D eigenvalue weighted by Crippen LogP contribution is -2.46. The van der Waals surface area contributed by atoms with E-state index in [0.29, 0.717) is 24.0 Å². The quantitative estimate of drug-likeness (QED) is 0.269. The molecule has 3 amide bonds. The number of hydrogen-bond acceptors (Lipinski definition) is 5. The molecular formula is C25H32F2N4O5S. The van der Waals surface area contributed by atoms with Crippen LogP contribution in [-0.4, -0.2) is 63.4 Å². The lowest BCUT2D eigenvalue weighted by molar-refractivity contribution is -0.183. The van der Waals surface area contributed by atoms with Gasteiger partial charge in [-0.15, -0.1) is 0 Å². The molecule has 12 heteroatoms. The number of rotatable bonds is 11. The number of nitrogens with zero attached hydrogens (tertiary/aromatic N) is 4. The molecular weight excluding hydrogens is 506 g/mol. The molecule has 1 aliphatic rings. The number of carbonyl (C=O) groups excluding carboxylic acids is 3. The zero-order chi connectivity index (χ0) is 26.1. The van der Waals surface area contributed by atoms with E-state index >= 15 is 0 Å². The van der Waals surface area contributed by atoms with Crippen molar-refractivity contribution in [1.29, 1.82) is 0 Å². The number of hydrogen-bond donors (Lipinski definition) is 1. The number of pyridine rings is 1. The Bertz CT molecular complexity index is 1120. The second-order valence-electron chi connectivity index (χ2n) is 8.64. The van der Waals surface area contributed by atoms with Gasteiger partial charge in [0.15, 0.2) is 5.49 Å². The Morgan fingerprint density at radius 2 is 2.00 bits per heavy atom. The maximum Gasteiger partial charge on any atom is 0.270 e. The second-order valence-corrected chi connectivity index (χ2v) is 8.64. The van der Waals surface area contributed by atoms with Crippen molar-refractivity contribution < 1.29 is 33.2 Å². The molecule has 1 aromatic heterocycles. The first-order chi connectivity index (χ1) is 17.3. The molecule has 37 heavy (non-hydrogen) atoms. The number of halogens is 2. The van der Waals surface area contributed by atoms with Gasteiger partial charge in [-0.1, -0.05) is 50.1 Å². The van der Waals surface area contributed by atoms with Crippen LogP contribution in [0.2, 0.25) is 0 Å². The Hall–Kier alpha value is -3.25. The number of benzene rings is 1. The molecule has 0 bridgehead atoms. The van der Waals surface area contributed by atoms with Crippen LogP contribution in [0.25, 0.3) is 0 Å². The van der Waals surface area contributed by atoms with E-state index in [9.17, 15) is 28.4 Å². The molecule has 1 aliphatic heterocycles. The third kappa shape index (κ3) is 8.39. The van der Waals surface area contributed by atoms with Crippen LogP contribution in [-0.2, 0) is 25.8 Å². The lowest BCUT2D eigenvalue weighted by atomic mass is 9.99. The molecule has 1 saturated heterocycles. The largest absolute Gasteiger partial charge is 0.427 e. The SMILES string of the molecule is CCCC[C@H](CN(C=O)OCc1ccccc1)C(=O)N1C[C@H](F)CC1C(=O)N=c1ccc(F)cn1O.S.